The number of phenolic OH excluding ortho intramolecular Hbond substituents is 1. The van der Waals surface area contributed by atoms with E-state index in [1.165, 1.54) is 11.1 Å². The predicted octanol–water partition coefficient (Wildman–Crippen LogP) is 12.2. The summed E-state index contributed by atoms with van der Waals surface area (Å²) >= 11 is 0. The topological polar surface area (TPSA) is 48.6 Å². The van der Waals surface area contributed by atoms with E-state index in [0.717, 1.165) is 72.3 Å². The average molecular weight is 671 g/mol. The number of allylic oxidation sites excluding steroid dienone is 1. The molecule has 2 heterocycles. The van der Waals surface area contributed by atoms with E-state index in [-0.39, 0.29) is 11.8 Å². The Bertz CT molecular complexity index is 2670. The molecule has 1 aromatic heterocycles. The second-order valence-electron chi connectivity index (χ2n) is 13.7. The van der Waals surface area contributed by atoms with E-state index in [1.807, 2.05) is 30.4 Å². The van der Waals surface area contributed by atoms with Gasteiger partial charge in [0.1, 0.15) is 11.5 Å². The smallest absolute Gasteiger partial charge is 0.116 e. The van der Waals surface area contributed by atoms with Crippen LogP contribution in [0.15, 0.2) is 182 Å². The third-order valence-electron chi connectivity index (χ3n) is 10.6. The molecular weight excluding hydrogens is 637 g/mol. The van der Waals surface area contributed by atoms with Crippen molar-refractivity contribution in [3.63, 3.8) is 0 Å². The first-order chi connectivity index (χ1) is 25.6. The molecule has 8 aromatic rings. The zero-order valence-electron chi connectivity index (χ0n) is 28.3. The number of aliphatic hydroxyl groups excluding tert-OH is 1. The Labute approximate surface area is 302 Å². The Hall–Kier alpha value is -6.78. The lowest BCUT2D eigenvalue weighted by Crippen LogP contribution is -2.27. The van der Waals surface area contributed by atoms with Gasteiger partial charge in [-0.3, -0.25) is 0 Å². The van der Waals surface area contributed by atoms with E-state index >= 15 is 0 Å². The number of anilines is 2. The van der Waals surface area contributed by atoms with Crippen LogP contribution in [0.1, 0.15) is 12.0 Å². The molecule has 0 radical (unpaired) electrons. The van der Waals surface area contributed by atoms with E-state index in [0.29, 0.717) is 12.2 Å². The molecule has 52 heavy (non-hydrogen) atoms. The molecule has 0 bridgehead atoms. The van der Waals surface area contributed by atoms with Crippen LogP contribution in [-0.4, -0.2) is 20.8 Å². The molecule has 2 aliphatic rings. The molecule has 7 aromatic carbocycles. The largest absolute Gasteiger partial charge is 0.508 e. The summed E-state index contributed by atoms with van der Waals surface area (Å²) in [6, 6.07) is 57.4. The first-order valence-corrected chi connectivity index (χ1v) is 17.7. The average Bonchev–Trinajstić information content (AvgIpc) is 3.69. The van der Waals surface area contributed by atoms with Crippen LogP contribution < -0.4 is 4.90 Å². The first kappa shape index (κ1) is 30.1. The summed E-state index contributed by atoms with van der Waals surface area (Å²) in [4.78, 5) is 2.46. The highest BCUT2D eigenvalue weighted by atomic mass is 16.3. The standard InChI is InChI=1S/C48H34N2O2/c51-39-18-22-46-43(29-39)41-20-16-34(33-17-21-45-42(27-33)44-30-40(52)19-23-47(44)49(45)37-14-8-3-9-15-37)28-48(41)50(46)38-25-35(31-10-4-1-5-11-31)24-36(26-38)32-12-6-2-7-13-32/h1-21,23-30,46,51-52H,22H2. The molecule has 2 N–H and O–H groups in total. The van der Waals surface area contributed by atoms with Crippen LogP contribution >= 0.6 is 0 Å². The van der Waals surface area contributed by atoms with Gasteiger partial charge in [0.2, 0.25) is 0 Å². The third-order valence-corrected chi connectivity index (χ3v) is 10.6. The number of aliphatic hydroxyl groups is 1. The number of phenols is 1. The van der Waals surface area contributed by atoms with Gasteiger partial charge in [0, 0.05) is 33.4 Å². The minimum Gasteiger partial charge on any atom is -0.508 e. The molecule has 4 nitrogen and oxygen atoms in total. The van der Waals surface area contributed by atoms with E-state index < -0.39 is 0 Å². The molecule has 248 valence electrons. The van der Waals surface area contributed by atoms with Gasteiger partial charge in [-0.25, -0.2) is 0 Å². The maximum Gasteiger partial charge on any atom is 0.116 e. The van der Waals surface area contributed by atoms with Crippen molar-refractivity contribution in [2.45, 2.75) is 12.5 Å². The maximum absolute atomic E-state index is 10.7. The van der Waals surface area contributed by atoms with Crippen LogP contribution in [0.5, 0.6) is 5.75 Å². The molecular formula is C48H34N2O2. The van der Waals surface area contributed by atoms with E-state index in [9.17, 15) is 10.2 Å². The van der Waals surface area contributed by atoms with Gasteiger partial charge >= 0.3 is 0 Å². The molecule has 4 heteroatoms. The fourth-order valence-electron chi connectivity index (χ4n) is 8.21. The summed E-state index contributed by atoms with van der Waals surface area (Å²) in [7, 11) is 0. The zero-order valence-corrected chi connectivity index (χ0v) is 28.3. The molecule has 0 amide bonds. The van der Waals surface area contributed by atoms with Crippen molar-refractivity contribution in [2.75, 3.05) is 4.90 Å². The zero-order chi connectivity index (χ0) is 34.8. The number of hydrogen-bond donors (Lipinski definition) is 2. The van der Waals surface area contributed by atoms with Gasteiger partial charge in [-0.1, -0.05) is 97.1 Å². The number of para-hydroxylation sites is 1. The molecule has 1 unspecified atom stereocenters. The summed E-state index contributed by atoms with van der Waals surface area (Å²) in [5, 5.41) is 23.3. The van der Waals surface area contributed by atoms with Gasteiger partial charge in [0.05, 0.1) is 17.1 Å². The van der Waals surface area contributed by atoms with Gasteiger partial charge in [-0.2, -0.15) is 0 Å². The van der Waals surface area contributed by atoms with Gasteiger partial charge in [0.15, 0.2) is 0 Å². The molecule has 0 saturated heterocycles. The summed E-state index contributed by atoms with van der Waals surface area (Å²) in [5.41, 5.74) is 14.5. The van der Waals surface area contributed by atoms with Crippen molar-refractivity contribution in [1.82, 2.24) is 4.57 Å². The Kier molecular flexibility index (Phi) is 6.90. The van der Waals surface area contributed by atoms with E-state index in [2.05, 4.69) is 149 Å². The van der Waals surface area contributed by atoms with Crippen molar-refractivity contribution in [1.29, 1.82) is 0 Å². The Balaban J connectivity index is 1.16. The Morgan fingerprint density at radius 2 is 1.08 bits per heavy atom. The normalized spacial score (nSPS) is 15.0. The Morgan fingerprint density at radius 3 is 1.77 bits per heavy atom. The monoisotopic (exact) mass is 670 g/mol. The lowest BCUT2D eigenvalue weighted by atomic mass is 9.93. The highest BCUT2D eigenvalue weighted by Crippen LogP contribution is 2.50. The van der Waals surface area contributed by atoms with Crippen LogP contribution in [-0.2, 0) is 0 Å². The quantitative estimate of drug-likeness (QED) is 0.192. The molecule has 0 spiro atoms. The lowest BCUT2D eigenvalue weighted by molar-refractivity contribution is 0.426. The van der Waals surface area contributed by atoms with Crippen LogP contribution in [0.2, 0.25) is 0 Å². The Morgan fingerprint density at radius 1 is 0.481 bits per heavy atom. The number of aromatic hydroxyl groups is 1. The molecule has 1 aliphatic heterocycles. The van der Waals surface area contributed by atoms with Crippen molar-refractivity contribution in [2.24, 2.45) is 0 Å². The van der Waals surface area contributed by atoms with Gasteiger partial charge < -0.3 is 19.7 Å². The molecule has 0 saturated carbocycles. The van der Waals surface area contributed by atoms with Crippen LogP contribution in [0, 0.1) is 0 Å². The van der Waals surface area contributed by atoms with Gasteiger partial charge in [0.25, 0.3) is 0 Å². The maximum atomic E-state index is 10.7. The highest BCUT2D eigenvalue weighted by Gasteiger charge is 2.36. The van der Waals surface area contributed by atoms with E-state index in [4.69, 9.17) is 0 Å². The minimum atomic E-state index is 0.0464. The van der Waals surface area contributed by atoms with Gasteiger partial charge in [-0.05, 0) is 124 Å². The number of nitrogens with zero attached hydrogens (tertiary/aromatic N) is 2. The highest BCUT2D eigenvalue weighted by molar-refractivity contribution is 6.11. The van der Waals surface area contributed by atoms with Crippen molar-refractivity contribution in [3.8, 4) is 44.8 Å². The predicted molar refractivity (Wildman–Crippen MR) is 214 cm³/mol. The lowest BCUT2D eigenvalue weighted by Gasteiger charge is -2.30. The SMILES string of the molecule is OC1=CCC2C(=C1)c1ccc(-c3ccc4c(c3)c3cc(O)ccc3n4-c3ccccc3)cc1N2c1cc(-c2ccccc2)cc(-c2ccccc2)c1. The minimum absolute atomic E-state index is 0.0464. The van der Waals surface area contributed by atoms with E-state index in [1.54, 1.807) is 6.07 Å². The van der Waals surface area contributed by atoms with Crippen molar-refractivity contribution >= 4 is 38.8 Å². The molecule has 10 rings (SSSR count). The molecule has 1 aliphatic carbocycles. The second-order valence-corrected chi connectivity index (χ2v) is 13.7. The summed E-state index contributed by atoms with van der Waals surface area (Å²) in [6.07, 6.45) is 4.56. The number of benzene rings is 7. The van der Waals surface area contributed by atoms with Crippen molar-refractivity contribution < 1.29 is 10.2 Å². The summed E-state index contributed by atoms with van der Waals surface area (Å²) in [6.45, 7) is 0. The fraction of sp³-hybridized carbons (Fsp3) is 0.0417. The molecule has 0 fully saturated rings. The van der Waals surface area contributed by atoms with Crippen LogP contribution in [0.3, 0.4) is 0 Å². The third kappa shape index (κ3) is 4.91. The summed E-state index contributed by atoms with van der Waals surface area (Å²) in [5.74, 6) is 0.563. The second kappa shape index (κ2) is 11.9. The number of hydrogen-bond acceptors (Lipinski definition) is 3. The van der Waals surface area contributed by atoms with Crippen molar-refractivity contribution in [3.05, 3.63) is 187 Å². The van der Waals surface area contributed by atoms with Crippen LogP contribution in [0.25, 0.3) is 66.4 Å². The first-order valence-electron chi connectivity index (χ1n) is 17.7. The number of aromatic nitrogens is 1. The summed E-state index contributed by atoms with van der Waals surface area (Å²) < 4.78 is 2.26. The molecule has 1 atom stereocenters. The number of fused-ring (bicyclic) bond motifs is 6. The fourth-order valence-corrected chi connectivity index (χ4v) is 8.21. The van der Waals surface area contributed by atoms with Gasteiger partial charge in [-0.15, -0.1) is 0 Å². The number of rotatable bonds is 5. The van der Waals surface area contributed by atoms with Crippen LogP contribution in [0.4, 0.5) is 11.4 Å².